The number of carbonyl (C=O) groups excluding carboxylic acids is 1. The van der Waals surface area contributed by atoms with E-state index < -0.39 is 0 Å². The summed E-state index contributed by atoms with van der Waals surface area (Å²) in [7, 11) is 0. The van der Waals surface area contributed by atoms with E-state index in [2.05, 4.69) is 13.0 Å². The van der Waals surface area contributed by atoms with E-state index in [1.54, 1.807) is 0 Å². The standard InChI is InChI=1S/C18H32N2O/c1-2-3-4-5-6-7-8-9-10-14-18(21)20-15-12-11-13-17(20)16-19/h17H,2-15H2,1H3. The molecule has 0 aromatic heterocycles. The molecule has 1 unspecified atom stereocenters. The Bertz CT molecular complexity index is 322. The first-order valence-electron chi connectivity index (χ1n) is 8.98. The fourth-order valence-corrected chi connectivity index (χ4v) is 3.09. The summed E-state index contributed by atoms with van der Waals surface area (Å²) in [5.74, 6) is 0.198. The quantitative estimate of drug-likeness (QED) is 0.542. The van der Waals surface area contributed by atoms with Gasteiger partial charge in [-0.15, -0.1) is 0 Å². The van der Waals surface area contributed by atoms with Crippen LogP contribution in [0.5, 0.6) is 0 Å². The first kappa shape index (κ1) is 18.0. The van der Waals surface area contributed by atoms with Crippen molar-refractivity contribution in [3.05, 3.63) is 0 Å². The second-order valence-corrected chi connectivity index (χ2v) is 6.31. The van der Waals surface area contributed by atoms with E-state index in [4.69, 9.17) is 5.26 Å². The molecule has 1 aliphatic rings. The number of piperidine rings is 1. The van der Waals surface area contributed by atoms with Crippen molar-refractivity contribution < 1.29 is 4.79 Å². The zero-order chi connectivity index (χ0) is 15.3. The first-order chi connectivity index (χ1) is 10.3. The van der Waals surface area contributed by atoms with E-state index in [9.17, 15) is 4.79 Å². The number of likely N-dealkylation sites (tertiary alicyclic amines) is 1. The molecule has 0 spiro atoms. The molecular weight excluding hydrogens is 260 g/mol. The average Bonchev–Trinajstić information content (AvgIpc) is 2.53. The van der Waals surface area contributed by atoms with Crippen LogP contribution in [0.2, 0.25) is 0 Å². The van der Waals surface area contributed by atoms with Crippen LogP contribution in [-0.4, -0.2) is 23.4 Å². The number of nitrogens with zero attached hydrogens (tertiary/aromatic N) is 2. The lowest BCUT2D eigenvalue weighted by Crippen LogP contribution is -2.42. The number of amides is 1. The Morgan fingerprint density at radius 1 is 1.05 bits per heavy atom. The van der Waals surface area contributed by atoms with Crippen molar-refractivity contribution in [2.45, 2.75) is 96.4 Å². The molecule has 1 atom stereocenters. The number of nitriles is 1. The van der Waals surface area contributed by atoms with Gasteiger partial charge in [-0.25, -0.2) is 0 Å². The van der Waals surface area contributed by atoms with Crippen LogP contribution in [-0.2, 0) is 4.79 Å². The molecule has 120 valence electrons. The van der Waals surface area contributed by atoms with Crippen molar-refractivity contribution in [3.63, 3.8) is 0 Å². The van der Waals surface area contributed by atoms with E-state index in [1.807, 2.05) is 4.90 Å². The molecule has 1 saturated heterocycles. The highest BCUT2D eigenvalue weighted by molar-refractivity contribution is 5.76. The highest BCUT2D eigenvalue weighted by Crippen LogP contribution is 2.18. The molecule has 0 aliphatic carbocycles. The van der Waals surface area contributed by atoms with E-state index in [1.165, 1.54) is 44.9 Å². The van der Waals surface area contributed by atoms with Crippen LogP contribution in [0.25, 0.3) is 0 Å². The van der Waals surface area contributed by atoms with Gasteiger partial charge >= 0.3 is 0 Å². The Morgan fingerprint density at radius 2 is 1.67 bits per heavy atom. The second-order valence-electron chi connectivity index (χ2n) is 6.31. The van der Waals surface area contributed by atoms with Gasteiger partial charge in [-0.3, -0.25) is 4.79 Å². The minimum atomic E-state index is -0.162. The number of carbonyl (C=O) groups is 1. The van der Waals surface area contributed by atoms with Gasteiger partial charge in [-0.2, -0.15) is 5.26 Å². The summed E-state index contributed by atoms with van der Waals surface area (Å²) < 4.78 is 0. The Morgan fingerprint density at radius 3 is 2.29 bits per heavy atom. The minimum absolute atomic E-state index is 0.162. The Balaban J connectivity index is 2.01. The van der Waals surface area contributed by atoms with Crippen molar-refractivity contribution in [3.8, 4) is 6.07 Å². The fraction of sp³-hybridized carbons (Fsp3) is 0.889. The lowest BCUT2D eigenvalue weighted by atomic mass is 10.0. The summed E-state index contributed by atoms with van der Waals surface area (Å²) in [5, 5.41) is 9.10. The molecule has 21 heavy (non-hydrogen) atoms. The summed E-state index contributed by atoms with van der Waals surface area (Å²) in [5.41, 5.74) is 0. The van der Waals surface area contributed by atoms with Crippen LogP contribution < -0.4 is 0 Å². The van der Waals surface area contributed by atoms with Crippen molar-refractivity contribution in [2.75, 3.05) is 6.54 Å². The van der Waals surface area contributed by atoms with Crippen LogP contribution in [0.15, 0.2) is 0 Å². The zero-order valence-corrected chi connectivity index (χ0v) is 13.8. The largest absolute Gasteiger partial charge is 0.327 e. The molecule has 1 heterocycles. The van der Waals surface area contributed by atoms with Gasteiger partial charge in [0.15, 0.2) is 0 Å². The third-order valence-electron chi connectivity index (χ3n) is 4.47. The molecule has 0 N–H and O–H groups in total. The van der Waals surface area contributed by atoms with Gasteiger partial charge in [0.05, 0.1) is 6.07 Å². The van der Waals surface area contributed by atoms with Crippen molar-refractivity contribution >= 4 is 5.91 Å². The molecule has 3 heteroatoms. The molecule has 1 aliphatic heterocycles. The Hall–Kier alpha value is -1.04. The smallest absolute Gasteiger partial charge is 0.223 e. The third kappa shape index (κ3) is 7.50. The van der Waals surface area contributed by atoms with Crippen molar-refractivity contribution in [2.24, 2.45) is 0 Å². The molecule has 1 amide bonds. The van der Waals surface area contributed by atoms with E-state index in [-0.39, 0.29) is 11.9 Å². The highest BCUT2D eigenvalue weighted by Gasteiger charge is 2.25. The highest BCUT2D eigenvalue weighted by atomic mass is 16.2. The first-order valence-corrected chi connectivity index (χ1v) is 8.98. The maximum absolute atomic E-state index is 12.1. The van der Waals surface area contributed by atoms with Crippen LogP contribution >= 0.6 is 0 Å². The van der Waals surface area contributed by atoms with Crippen LogP contribution in [0.1, 0.15) is 90.4 Å². The predicted octanol–water partition coefficient (Wildman–Crippen LogP) is 4.81. The topological polar surface area (TPSA) is 44.1 Å². The molecule has 1 rings (SSSR count). The van der Waals surface area contributed by atoms with E-state index >= 15 is 0 Å². The maximum atomic E-state index is 12.1. The summed E-state index contributed by atoms with van der Waals surface area (Å²) >= 11 is 0. The fourth-order valence-electron chi connectivity index (χ4n) is 3.09. The monoisotopic (exact) mass is 292 g/mol. The summed E-state index contributed by atoms with van der Waals surface area (Å²) in [6, 6.07) is 2.11. The Labute approximate surface area is 130 Å². The van der Waals surface area contributed by atoms with Gasteiger partial charge in [0.2, 0.25) is 5.91 Å². The average molecular weight is 292 g/mol. The predicted molar refractivity (Wildman–Crippen MR) is 86.8 cm³/mol. The number of rotatable bonds is 10. The SMILES string of the molecule is CCCCCCCCCCCC(=O)N1CCCCC1C#N. The number of hydrogen-bond acceptors (Lipinski definition) is 2. The molecule has 1 fully saturated rings. The van der Waals surface area contributed by atoms with Crippen LogP contribution in [0.4, 0.5) is 0 Å². The summed E-state index contributed by atoms with van der Waals surface area (Å²) in [4.78, 5) is 14.0. The van der Waals surface area contributed by atoms with Gasteiger partial charge in [-0.1, -0.05) is 58.3 Å². The molecule has 3 nitrogen and oxygen atoms in total. The number of unbranched alkanes of at least 4 members (excludes halogenated alkanes) is 8. The van der Waals surface area contributed by atoms with Crippen molar-refractivity contribution in [1.82, 2.24) is 4.90 Å². The van der Waals surface area contributed by atoms with Gasteiger partial charge in [0, 0.05) is 13.0 Å². The van der Waals surface area contributed by atoms with Crippen LogP contribution in [0.3, 0.4) is 0 Å². The summed E-state index contributed by atoms with van der Waals surface area (Å²) in [6.45, 7) is 3.03. The van der Waals surface area contributed by atoms with Crippen LogP contribution in [0, 0.1) is 11.3 Å². The molecule has 0 saturated carbocycles. The summed E-state index contributed by atoms with van der Waals surface area (Å²) in [6.07, 6.45) is 15.1. The maximum Gasteiger partial charge on any atom is 0.223 e. The molecule has 0 radical (unpaired) electrons. The van der Waals surface area contributed by atoms with E-state index in [0.29, 0.717) is 6.42 Å². The van der Waals surface area contributed by atoms with E-state index in [0.717, 1.165) is 38.6 Å². The second kappa shape index (κ2) is 11.6. The molecular formula is C18H32N2O. The molecule has 0 aromatic rings. The van der Waals surface area contributed by atoms with Gasteiger partial charge in [-0.05, 0) is 25.7 Å². The van der Waals surface area contributed by atoms with Crippen molar-refractivity contribution in [1.29, 1.82) is 5.26 Å². The molecule has 0 bridgehead atoms. The van der Waals surface area contributed by atoms with Gasteiger partial charge in [0.1, 0.15) is 6.04 Å². The minimum Gasteiger partial charge on any atom is -0.327 e. The lowest BCUT2D eigenvalue weighted by molar-refractivity contribution is -0.133. The Kier molecular flexibility index (Phi) is 9.95. The van der Waals surface area contributed by atoms with Gasteiger partial charge in [0.25, 0.3) is 0 Å². The third-order valence-corrected chi connectivity index (χ3v) is 4.47. The molecule has 0 aromatic carbocycles. The van der Waals surface area contributed by atoms with Gasteiger partial charge < -0.3 is 4.90 Å². The number of hydrogen-bond donors (Lipinski definition) is 0. The normalized spacial score (nSPS) is 18.5. The lowest BCUT2D eigenvalue weighted by Gasteiger charge is -2.31. The zero-order valence-electron chi connectivity index (χ0n) is 13.8.